The zero-order chi connectivity index (χ0) is 24.8. The highest BCUT2D eigenvalue weighted by atomic mass is 79.9. The van der Waals surface area contributed by atoms with Gasteiger partial charge in [-0.15, -0.1) is 0 Å². The molecule has 2 atom stereocenters. The second-order valence-electron chi connectivity index (χ2n) is 8.72. The molecule has 2 aromatic carbocycles. The Bertz CT molecular complexity index is 1060. The van der Waals surface area contributed by atoms with Crippen LogP contribution >= 0.6 is 31.9 Å². The fraction of sp³-hybridized carbons (Fsp3) is 0.455. The van der Waals surface area contributed by atoms with E-state index in [0.717, 1.165) is 0 Å². The van der Waals surface area contributed by atoms with Gasteiger partial charge in [0.15, 0.2) is 0 Å². The van der Waals surface area contributed by atoms with Crippen molar-refractivity contribution >= 4 is 31.9 Å². The molecule has 0 radical (unpaired) electrons. The van der Waals surface area contributed by atoms with Crippen LogP contribution in [0.5, 0.6) is 0 Å². The number of rotatable bonds is 3. The number of benzene rings is 2. The molecule has 1 fully saturated rings. The molecule has 0 aromatic heterocycles. The predicted molar refractivity (Wildman–Crippen MR) is 111 cm³/mol. The second-order valence-corrected chi connectivity index (χ2v) is 10.6. The first-order valence-corrected chi connectivity index (χ1v) is 11.4. The lowest BCUT2D eigenvalue weighted by molar-refractivity contribution is -0.404. The lowest BCUT2D eigenvalue weighted by Crippen LogP contribution is -2.63. The molecule has 4 rings (SSSR count). The highest BCUT2D eigenvalue weighted by Crippen LogP contribution is 2.66. The number of hydrogen-bond acceptors (Lipinski definition) is 0. The van der Waals surface area contributed by atoms with Crippen LogP contribution < -0.4 is 0 Å². The number of fused-ring (bicyclic) bond motifs is 5. The molecule has 0 aliphatic heterocycles. The zero-order valence-electron chi connectivity index (χ0n) is 16.7. The van der Waals surface area contributed by atoms with Gasteiger partial charge in [-0.1, -0.05) is 50.9 Å². The smallest absolute Gasteiger partial charge is 0.199 e. The average Bonchev–Trinajstić information content (AvgIpc) is 3.17. The largest absolute Gasteiger partial charge is 0.460 e. The summed E-state index contributed by atoms with van der Waals surface area (Å²) in [4.78, 5) is 0. The molecule has 0 amide bonds. The molecule has 33 heavy (non-hydrogen) atoms. The number of halogens is 11. The molecule has 2 aromatic rings. The van der Waals surface area contributed by atoms with Crippen LogP contribution in [0.3, 0.4) is 0 Å². The zero-order valence-corrected chi connectivity index (χ0v) is 19.9. The van der Waals surface area contributed by atoms with E-state index in [4.69, 9.17) is 0 Å². The third-order valence-electron chi connectivity index (χ3n) is 6.84. The van der Waals surface area contributed by atoms with E-state index in [-0.39, 0.29) is 6.42 Å². The molecule has 0 bridgehead atoms. The summed E-state index contributed by atoms with van der Waals surface area (Å²) in [5.41, 5.74) is 1.19. The van der Waals surface area contributed by atoms with Gasteiger partial charge in [0.2, 0.25) is 0 Å². The topological polar surface area (TPSA) is 0 Å². The minimum absolute atomic E-state index is 0.117. The van der Waals surface area contributed by atoms with E-state index in [2.05, 4.69) is 31.9 Å². The summed E-state index contributed by atoms with van der Waals surface area (Å²) in [6, 6.07) is 10.2. The molecule has 1 saturated carbocycles. The number of hydrogen-bond donors (Lipinski definition) is 0. The summed E-state index contributed by atoms with van der Waals surface area (Å²) in [6.45, 7) is 1.18. The Morgan fingerprint density at radius 2 is 1.18 bits per heavy atom. The van der Waals surface area contributed by atoms with Crippen molar-refractivity contribution in [3.8, 4) is 11.1 Å². The third-order valence-corrected chi connectivity index (χ3v) is 7.83. The summed E-state index contributed by atoms with van der Waals surface area (Å²) in [6.07, 6.45) is -7.66. The van der Waals surface area contributed by atoms with E-state index in [1.807, 2.05) is 0 Å². The Labute approximate surface area is 199 Å². The summed E-state index contributed by atoms with van der Waals surface area (Å²) in [5, 5.41) is 0. The maximum Gasteiger partial charge on any atom is 0.460 e. The van der Waals surface area contributed by atoms with Crippen LogP contribution in [0.4, 0.5) is 39.5 Å². The monoisotopic (exact) mass is 608 g/mol. The van der Waals surface area contributed by atoms with E-state index in [9.17, 15) is 39.5 Å². The Morgan fingerprint density at radius 1 is 0.727 bits per heavy atom. The van der Waals surface area contributed by atoms with Crippen LogP contribution in [0.1, 0.15) is 30.9 Å². The van der Waals surface area contributed by atoms with E-state index in [0.29, 0.717) is 31.2 Å². The number of alkyl halides is 9. The quantitative estimate of drug-likeness (QED) is 0.305. The normalized spacial score (nSPS) is 22.5. The van der Waals surface area contributed by atoms with Gasteiger partial charge in [-0.2, -0.15) is 39.5 Å². The fourth-order valence-corrected chi connectivity index (χ4v) is 6.06. The molecule has 2 aliphatic carbocycles. The van der Waals surface area contributed by atoms with Gasteiger partial charge >= 0.3 is 23.9 Å². The van der Waals surface area contributed by atoms with Gasteiger partial charge in [-0.05, 0) is 65.3 Å². The van der Waals surface area contributed by atoms with Crippen molar-refractivity contribution in [3.63, 3.8) is 0 Å². The molecule has 1 spiro atoms. The van der Waals surface area contributed by atoms with Gasteiger partial charge in [-0.3, -0.25) is 0 Å². The Morgan fingerprint density at radius 3 is 1.61 bits per heavy atom. The van der Waals surface area contributed by atoms with Crippen molar-refractivity contribution in [2.24, 2.45) is 11.8 Å². The SMILES string of the molecule is CC1CC2(CC1C(F)(F)C(F)(F)C(F)(F)C(F)(F)F)c1cc(Br)ccc1-c1ccc(Br)cc12. The standard InChI is InChI=1S/C22H15Br2F9/c1-10-8-18(9-17(10)19(25,26)20(27,28)21(29,30)22(31,32)33)15-6-11(23)2-4-13(15)14-5-3-12(24)7-16(14)18/h2-7,10,17H,8-9H2,1H3. The Kier molecular flexibility index (Phi) is 5.57. The van der Waals surface area contributed by atoms with Gasteiger partial charge in [0.25, 0.3) is 0 Å². The van der Waals surface area contributed by atoms with Crippen molar-refractivity contribution < 1.29 is 39.5 Å². The van der Waals surface area contributed by atoms with Gasteiger partial charge in [0, 0.05) is 20.3 Å². The highest BCUT2D eigenvalue weighted by molar-refractivity contribution is 9.10. The summed E-state index contributed by atoms with van der Waals surface area (Å²) < 4.78 is 125. The lowest BCUT2D eigenvalue weighted by Gasteiger charge is -2.38. The fourth-order valence-electron chi connectivity index (χ4n) is 5.34. The predicted octanol–water partition coefficient (Wildman–Crippen LogP) is 8.99. The highest BCUT2D eigenvalue weighted by Gasteiger charge is 2.83. The lowest BCUT2D eigenvalue weighted by atomic mass is 9.75. The van der Waals surface area contributed by atoms with Crippen LogP contribution in [0.15, 0.2) is 45.3 Å². The second kappa shape index (κ2) is 7.38. The maximum atomic E-state index is 15.0. The first-order chi connectivity index (χ1) is 15.0. The molecular formula is C22H15Br2F9. The molecule has 2 unspecified atom stereocenters. The van der Waals surface area contributed by atoms with Crippen LogP contribution in [0.2, 0.25) is 0 Å². The first-order valence-electron chi connectivity index (χ1n) is 9.78. The van der Waals surface area contributed by atoms with Crippen LogP contribution in [-0.4, -0.2) is 23.9 Å². The maximum absolute atomic E-state index is 15.0. The summed E-state index contributed by atoms with van der Waals surface area (Å²) in [7, 11) is 0. The van der Waals surface area contributed by atoms with E-state index in [1.54, 1.807) is 36.4 Å². The molecule has 11 heteroatoms. The first kappa shape index (κ1) is 24.9. The molecule has 0 heterocycles. The van der Waals surface area contributed by atoms with Crippen LogP contribution in [0, 0.1) is 11.8 Å². The molecular weight excluding hydrogens is 595 g/mol. The van der Waals surface area contributed by atoms with Gasteiger partial charge in [-0.25, -0.2) is 0 Å². The van der Waals surface area contributed by atoms with E-state index < -0.39 is 47.6 Å². The van der Waals surface area contributed by atoms with Crippen molar-refractivity contribution in [1.82, 2.24) is 0 Å². The molecule has 2 aliphatic rings. The molecule has 0 N–H and O–H groups in total. The van der Waals surface area contributed by atoms with Crippen molar-refractivity contribution in [1.29, 1.82) is 0 Å². The molecule has 0 nitrogen and oxygen atoms in total. The van der Waals surface area contributed by atoms with Crippen molar-refractivity contribution in [3.05, 3.63) is 56.5 Å². The summed E-state index contributed by atoms with van der Waals surface area (Å²) in [5.74, 6) is -22.8. The van der Waals surface area contributed by atoms with Crippen molar-refractivity contribution in [2.45, 2.75) is 49.1 Å². The minimum Gasteiger partial charge on any atom is -0.199 e. The van der Waals surface area contributed by atoms with Crippen LogP contribution in [0.25, 0.3) is 11.1 Å². The van der Waals surface area contributed by atoms with E-state index in [1.165, 1.54) is 6.92 Å². The molecule has 180 valence electrons. The van der Waals surface area contributed by atoms with Crippen molar-refractivity contribution in [2.75, 3.05) is 0 Å². The average molecular weight is 610 g/mol. The van der Waals surface area contributed by atoms with Gasteiger partial charge in [0.05, 0.1) is 0 Å². The Hall–Kier alpha value is -1.23. The van der Waals surface area contributed by atoms with Gasteiger partial charge < -0.3 is 0 Å². The molecule has 0 saturated heterocycles. The third kappa shape index (κ3) is 3.31. The Balaban J connectivity index is 1.86. The van der Waals surface area contributed by atoms with Crippen LogP contribution in [-0.2, 0) is 5.41 Å². The van der Waals surface area contributed by atoms with E-state index >= 15 is 0 Å². The van der Waals surface area contributed by atoms with Gasteiger partial charge in [0.1, 0.15) is 0 Å². The summed E-state index contributed by atoms with van der Waals surface area (Å²) >= 11 is 6.60. The minimum atomic E-state index is -6.89.